The van der Waals surface area contributed by atoms with Crippen molar-refractivity contribution in [2.75, 3.05) is 31.2 Å². The fourth-order valence-electron chi connectivity index (χ4n) is 8.00. The summed E-state index contributed by atoms with van der Waals surface area (Å²) in [7, 11) is -3.97. The number of benzene rings is 2. The maximum Gasteiger partial charge on any atom is 0.264 e. The van der Waals surface area contributed by atoms with Crippen LogP contribution in [-0.4, -0.2) is 61.7 Å². The minimum absolute atomic E-state index is 0.00945. The molecule has 8 nitrogen and oxygen atoms in total. The lowest BCUT2D eigenvalue weighted by atomic mass is 9.63. The number of nitrogens with one attached hydrogen (secondary N) is 1. The highest BCUT2D eigenvalue weighted by molar-refractivity contribution is 7.90. The molecule has 6 rings (SSSR count). The number of sulfonamides is 1. The van der Waals surface area contributed by atoms with Crippen LogP contribution in [0.4, 0.5) is 5.69 Å². The number of carbonyl (C=O) groups is 1. The Morgan fingerprint density at radius 3 is 2.73 bits per heavy atom. The lowest BCUT2D eigenvalue weighted by Crippen LogP contribution is -2.52. The van der Waals surface area contributed by atoms with Crippen molar-refractivity contribution in [2.45, 2.75) is 81.5 Å². The highest BCUT2D eigenvalue weighted by atomic mass is 35.5. The number of fused-ring (bicyclic) bond motifs is 4. The molecule has 0 radical (unpaired) electrons. The standard InChI is InChI=1S/C35H45ClN2O6S/c1-23-6-3-15-35(41,16-5-17-39)30-11-8-27(30)20-38-21-34(14-4-7-25-18-28(36)10-12-29(25)34)22-44-32-13-9-26(19-31(32)38)33(40)37-45(42,43)24(23)2/h3,9-10,12-13,15,18-19,23-24,27,30,39,41H,4-8,11,14,16-17,20-22H2,1-2H3,(H,37,40)/b15-3+/t23-,24+,27-,30+,34-,35-/m0/s1. The summed E-state index contributed by atoms with van der Waals surface area (Å²) in [4.78, 5) is 15.7. The maximum atomic E-state index is 13.4. The molecule has 4 aliphatic rings. The maximum absolute atomic E-state index is 13.4. The summed E-state index contributed by atoms with van der Waals surface area (Å²) in [6.45, 7) is 5.21. The molecule has 10 heteroatoms. The number of aliphatic hydroxyl groups is 2. The van der Waals surface area contributed by atoms with Gasteiger partial charge in [-0.05, 0) is 118 Å². The van der Waals surface area contributed by atoms with Gasteiger partial charge in [0.2, 0.25) is 10.0 Å². The van der Waals surface area contributed by atoms with Gasteiger partial charge in [0.05, 0.1) is 23.1 Å². The number of carbonyl (C=O) groups excluding carboxylic acids is 1. The number of allylic oxidation sites excluding steroid dienone is 1. The second-order valence-electron chi connectivity index (χ2n) is 13.8. The van der Waals surface area contributed by atoms with E-state index < -0.39 is 26.8 Å². The van der Waals surface area contributed by atoms with Gasteiger partial charge < -0.3 is 19.8 Å². The second kappa shape index (κ2) is 12.5. The van der Waals surface area contributed by atoms with Crippen molar-refractivity contribution in [3.8, 4) is 5.75 Å². The summed E-state index contributed by atoms with van der Waals surface area (Å²) in [5, 5.41) is 21.6. The molecular formula is C35H45ClN2O6S. The third-order valence-electron chi connectivity index (χ3n) is 11.0. The zero-order valence-corrected chi connectivity index (χ0v) is 27.7. The molecular weight excluding hydrogens is 612 g/mol. The Morgan fingerprint density at radius 1 is 1.16 bits per heavy atom. The highest BCUT2D eigenvalue weighted by Crippen LogP contribution is 2.49. The van der Waals surface area contributed by atoms with E-state index in [0.29, 0.717) is 44.7 Å². The third-order valence-corrected chi connectivity index (χ3v) is 13.1. The summed E-state index contributed by atoms with van der Waals surface area (Å²) in [6.07, 6.45) is 9.78. The van der Waals surface area contributed by atoms with Crippen LogP contribution >= 0.6 is 11.6 Å². The summed E-state index contributed by atoms with van der Waals surface area (Å²) < 4.78 is 35.5. The molecule has 1 amide bonds. The van der Waals surface area contributed by atoms with Gasteiger partial charge in [0.15, 0.2) is 0 Å². The van der Waals surface area contributed by atoms with Crippen LogP contribution in [0.5, 0.6) is 5.75 Å². The normalized spacial score (nSPS) is 33.5. The monoisotopic (exact) mass is 656 g/mol. The van der Waals surface area contributed by atoms with Crippen molar-refractivity contribution in [1.29, 1.82) is 0 Å². The Balaban J connectivity index is 1.44. The SMILES string of the molecule is C[C@@H]1[C@@H](C)C/C=C/[C@](O)(CCCO)[C@@H]2CC[C@H]2CN2C[C@@]3(CCCc4cc(Cl)ccc43)COc3ccc(cc32)C(=O)NS1(=O)=O. The lowest BCUT2D eigenvalue weighted by molar-refractivity contribution is -0.0536. The number of ether oxygens (including phenoxy) is 1. The van der Waals surface area contributed by atoms with Crippen LogP contribution in [0, 0.1) is 17.8 Å². The van der Waals surface area contributed by atoms with Crippen LogP contribution in [0.2, 0.25) is 5.02 Å². The van der Waals surface area contributed by atoms with Gasteiger partial charge in [-0.15, -0.1) is 0 Å². The van der Waals surface area contributed by atoms with Gasteiger partial charge in [0.25, 0.3) is 5.91 Å². The molecule has 2 aliphatic heterocycles. The number of amides is 1. The number of aryl methyl sites for hydroxylation is 1. The van der Waals surface area contributed by atoms with E-state index in [-0.39, 0.29) is 35.3 Å². The molecule has 1 fully saturated rings. The number of halogens is 1. The number of rotatable bonds is 3. The molecule has 2 bridgehead atoms. The van der Waals surface area contributed by atoms with Gasteiger partial charge in [0.1, 0.15) is 5.75 Å². The molecule has 2 aliphatic carbocycles. The van der Waals surface area contributed by atoms with Gasteiger partial charge in [0, 0.05) is 35.7 Å². The highest BCUT2D eigenvalue weighted by Gasteiger charge is 2.48. The molecule has 1 spiro atoms. The topological polar surface area (TPSA) is 116 Å². The minimum Gasteiger partial charge on any atom is -0.490 e. The average molecular weight is 657 g/mol. The smallest absolute Gasteiger partial charge is 0.264 e. The first-order valence-corrected chi connectivity index (χ1v) is 18.2. The molecule has 0 aromatic heterocycles. The number of nitrogens with zero attached hydrogens (tertiary/aromatic N) is 1. The fraction of sp³-hybridized carbons (Fsp3) is 0.571. The van der Waals surface area contributed by atoms with E-state index in [1.807, 2.05) is 25.1 Å². The van der Waals surface area contributed by atoms with Crippen molar-refractivity contribution >= 4 is 33.2 Å². The van der Waals surface area contributed by atoms with Crippen LogP contribution < -0.4 is 14.4 Å². The van der Waals surface area contributed by atoms with Crippen LogP contribution in [0.25, 0.3) is 0 Å². The first-order chi connectivity index (χ1) is 21.4. The molecule has 2 aromatic rings. The van der Waals surface area contributed by atoms with Gasteiger partial charge >= 0.3 is 0 Å². The predicted octanol–water partition coefficient (Wildman–Crippen LogP) is 5.39. The quantitative estimate of drug-likeness (QED) is 0.380. The number of hydrogen-bond acceptors (Lipinski definition) is 7. The molecule has 3 N–H and O–H groups in total. The summed E-state index contributed by atoms with van der Waals surface area (Å²) in [5.41, 5.74) is 2.06. The van der Waals surface area contributed by atoms with E-state index in [1.165, 1.54) is 11.1 Å². The molecule has 2 heterocycles. The third kappa shape index (κ3) is 6.25. The van der Waals surface area contributed by atoms with E-state index in [4.69, 9.17) is 16.3 Å². The molecule has 0 unspecified atom stereocenters. The average Bonchev–Trinajstić information content (AvgIpc) is 3.14. The van der Waals surface area contributed by atoms with E-state index >= 15 is 0 Å². The zero-order valence-electron chi connectivity index (χ0n) is 26.2. The Hall–Kier alpha value is -2.59. The first-order valence-electron chi connectivity index (χ1n) is 16.3. The molecule has 6 atom stereocenters. The van der Waals surface area contributed by atoms with Gasteiger partial charge in [-0.2, -0.15) is 0 Å². The Morgan fingerprint density at radius 2 is 1.98 bits per heavy atom. The van der Waals surface area contributed by atoms with E-state index in [1.54, 1.807) is 25.1 Å². The fourth-order valence-corrected chi connectivity index (χ4v) is 9.48. The van der Waals surface area contributed by atoms with Crippen molar-refractivity contribution in [3.05, 3.63) is 70.3 Å². The number of hydrogen-bond donors (Lipinski definition) is 3. The second-order valence-corrected chi connectivity index (χ2v) is 16.3. The molecule has 45 heavy (non-hydrogen) atoms. The van der Waals surface area contributed by atoms with Crippen LogP contribution in [-0.2, 0) is 21.9 Å². The molecule has 244 valence electrons. The van der Waals surface area contributed by atoms with Crippen molar-refractivity contribution < 1.29 is 28.2 Å². The Kier molecular flexibility index (Phi) is 9.02. The zero-order chi connectivity index (χ0) is 32.0. The minimum atomic E-state index is -3.97. The van der Waals surface area contributed by atoms with Crippen molar-refractivity contribution in [2.24, 2.45) is 17.8 Å². The van der Waals surface area contributed by atoms with Crippen LogP contribution in [0.3, 0.4) is 0 Å². The van der Waals surface area contributed by atoms with E-state index in [0.717, 1.165) is 42.8 Å². The van der Waals surface area contributed by atoms with Gasteiger partial charge in [-0.1, -0.05) is 36.7 Å². The van der Waals surface area contributed by atoms with E-state index in [9.17, 15) is 23.4 Å². The molecule has 1 saturated carbocycles. The Bertz CT molecular complexity index is 1580. The number of anilines is 1. The van der Waals surface area contributed by atoms with Crippen molar-refractivity contribution in [1.82, 2.24) is 4.72 Å². The Labute approximate surface area is 271 Å². The van der Waals surface area contributed by atoms with E-state index in [2.05, 4.69) is 21.8 Å². The lowest BCUT2D eigenvalue weighted by Gasteiger charge is -2.49. The molecule has 2 aromatic carbocycles. The van der Waals surface area contributed by atoms with Crippen LogP contribution in [0.1, 0.15) is 80.3 Å². The first kappa shape index (κ1) is 32.4. The molecule has 0 saturated heterocycles. The summed E-state index contributed by atoms with van der Waals surface area (Å²) in [6, 6.07) is 11.3. The number of aliphatic hydroxyl groups excluding tert-OH is 1. The predicted molar refractivity (Wildman–Crippen MR) is 176 cm³/mol. The van der Waals surface area contributed by atoms with Crippen molar-refractivity contribution in [3.63, 3.8) is 0 Å². The van der Waals surface area contributed by atoms with Crippen LogP contribution in [0.15, 0.2) is 48.6 Å². The van der Waals surface area contributed by atoms with Gasteiger partial charge in [-0.25, -0.2) is 13.1 Å². The van der Waals surface area contributed by atoms with Gasteiger partial charge in [-0.3, -0.25) is 4.79 Å². The summed E-state index contributed by atoms with van der Waals surface area (Å²) >= 11 is 6.41. The summed E-state index contributed by atoms with van der Waals surface area (Å²) in [5.74, 6) is -0.134. The largest absolute Gasteiger partial charge is 0.490 e.